The zero-order valence-electron chi connectivity index (χ0n) is 13.2. The predicted molar refractivity (Wildman–Crippen MR) is 93.2 cm³/mol. The molecule has 2 amide bonds. The van der Waals surface area contributed by atoms with Crippen molar-refractivity contribution in [3.05, 3.63) is 0 Å². The summed E-state index contributed by atoms with van der Waals surface area (Å²) in [6.45, 7) is 0. The SMILES string of the molecule is CSC[C@@H](NC(=O)[C@H](CS)NC(=O)CCC[C@H](N)C(=O)O)C(=O)O. The van der Waals surface area contributed by atoms with Crippen LogP contribution in [0.2, 0.25) is 0 Å². The number of carbonyl (C=O) groups is 4. The van der Waals surface area contributed by atoms with Gasteiger partial charge in [-0.2, -0.15) is 24.4 Å². The number of carboxylic acid groups (broad SMARTS) is 2. The normalized spacial score (nSPS) is 14.3. The van der Waals surface area contributed by atoms with Crippen LogP contribution in [-0.4, -0.2) is 69.9 Å². The van der Waals surface area contributed by atoms with Crippen molar-refractivity contribution in [1.82, 2.24) is 10.6 Å². The maximum Gasteiger partial charge on any atom is 0.327 e. The van der Waals surface area contributed by atoms with Gasteiger partial charge in [0.2, 0.25) is 11.8 Å². The summed E-state index contributed by atoms with van der Waals surface area (Å²) in [5, 5.41) is 22.4. The van der Waals surface area contributed by atoms with Crippen LogP contribution in [0.5, 0.6) is 0 Å². The molecule has 6 N–H and O–H groups in total. The van der Waals surface area contributed by atoms with Gasteiger partial charge in [-0.3, -0.25) is 14.4 Å². The van der Waals surface area contributed by atoms with Gasteiger partial charge in [-0.25, -0.2) is 4.79 Å². The van der Waals surface area contributed by atoms with Crippen molar-refractivity contribution in [1.29, 1.82) is 0 Å². The lowest BCUT2D eigenvalue weighted by atomic mass is 10.1. The third-order valence-electron chi connectivity index (χ3n) is 3.02. The summed E-state index contributed by atoms with van der Waals surface area (Å²) in [6.07, 6.45) is 2.10. The molecule has 138 valence electrons. The predicted octanol–water partition coefficient (Wildman–Crippen LogP) is -1.08. The van der Waals surface area contributed by atoms with Gasteiger partial charge in [0.15, 0.2) is 0 Å². The Balaban J connectivity index is 4.41. The van der Waals surface area contributed by atoms with E-state index in [0.29, 0.717) is 0 Å². The second-order valence-electron chi connectivity index (χ2n) is 4.99. The van der Waals surface area contributed by atoms with Crippen molar-refractivity contribution in [3.8, 4) is 0 Å². The average Bonchev–Trinajstić information content (AvgIpc) is 2.51. The lowest BCUT2D eigenvalue weighted by Crippen LogP contribution is -2.53. The largest absolute Gasteiger partial charge is 0.480 e. The Bertz CT molecular complexity index is 463. The highest BCUT2D eigenvalue weighted by Gasteiger charge is 2.25. The highest BCUT2D eigenvalue weighted by molar-refractivity contribution is 7.98. The molecule has 0 heterocycles. The lowest BCUT2D eigenvalue weighted by Gasteiger charge is -2.19. The number of nitrogens with one attached hydrogen (secondary N) is 2. The number of carbonyl (C=O) groups excluding carboxylic acids is 2. The van der Waals surface area contributed by atoms with Crippen LogP contribution in [0, 0.1) is 0 Å². The maximum atomic E-state index is 12.0. The summed E-state index contributed by atoms with van der Waals surface area (Å²) in [6, 6.07) is -3.07. The van der Waals surface area contributed by atoms with Gasteiger partial charge in [-0.05, 0) is 19.1 Å². The molecule has 0 saturated carbocycles. The van der Waals surface area contributed by atoms with E-state index >= 15 is 0 Å². The molecule has 0 radical (unpaired) electrons. The average molecular weight is 381 g/mol. The first-order valence-corrected chi connectivity index (χ1v) is 9.16. The summed E-state index contributed by atoms with van der Waals surface area (Å²) < 4.78 is 0. The van der Waals surface area contributed by atoms with Crippen molar-refractivity contribution in [2.75, 3.05) is 17.8 Å². The number of thioether (sulfide) groups is 1. The van der Waals surface area contributed by atoms with Crippen LogP contribution >= 0.6 is 24.4 Å². The van der Waals surface area contributed by atoms with Crippen molar-refractivity contribution < 1.29 is 29.4 Å². The van der Waals surface area contributed by atoms with Gasteiger partial charge in [-0.1, -0.05) is 0 Å². The fourth-order valence-corrected chi connectivity index (χ4v) is 2.50. The third kappa shape index (κ3) is 8.99. The Hall–Kier alpha value is -1.46. The zero-order chi connectivity index (χ0) is 18.7. The molecule has 0 aromatic rings. The monoisotopic (exact) mass is 381 g/mol. The molecule has 0 saturated heterocycles. The number of thiol groups is 1. The van der Waals surface area contributed by atoms with Crippen LogP contribution in [0.1, 0.15) is 19.3 Å². The smallest absolute Gasteiger partial charge is 0.327 e. The van der Waals surface area contributed by atoms with Crippen LogP contribution in [0.25, 0.3) is 0 Å². The number of hydrogen-bond acceptors (Lipinski definition) is 7. The Morgan fingerprint density at radius 1 is 1.12 bits per heavy atom. The van der Waals surface area contributed by atoms with Gasteiger partial charge in [-0.15, -0.1) is 0 Å². The first-order chi connectivity index (χ1) is 11.2. The van der Waals surface area contributed by atoms with Crippen molar-refractivity contribution in [2.24, 2.45) is 5.73 Å². The van der Waals surface area contributed by atoms with Crippen molar-refractivity contribution in [3.63, 3.8) is 0 Å². The van der Waals surface area contributed by atoms with E-state index in [9.17, 15) is 19.2 Å². The molecule has 0 aromatic carbocycles. The molecular formula is C13H23N3O6S2. The Morgan fingerprint density at radius 3 is 2.21 bits per heavy atom. The number of carboxylic acids is 2. The van der Waals surface area contributed by atoms with E-state index in [4.69, 9.17) is 15.9 Å². The minimum absolute atomic E-state index is 0.00216. The molecular weight excluding hydrogens is 358 g/mol. The summed E-state index contributed by atoms with van der Waals surface area (Å²) >= 11 is 5.25. The first-order valence-electron chi connectivity index (χ1n) is 7.13. The van der Waals surface area contributed by atoms with Gasteiger partial charge in [0, 0.05) is 17.9 Å². The summed E-state index contributed by atoms with van der Waals surface area (Å²) in [5.41, 5.74) is 5.32. The van der Waals surface area contributed by atoms with Gasteiger partial charge >= 0.3 is 11.9 Å². The molecule has 0 aliphatic carbocycles. The summed E-state index contributed by atoms with van der Waals surface area (Å²) in [5.74, 6) is -3.21. The first kappa shape index (κ1) is 22.5. The van der Waals surface area contributed by atoms with Crippen molar-refractivity contribution >= 4 is 48.1 Å². The molecule has 0 spiro atoms. The summed E-state index contributed by atoms with van der Waals surface area (Å²) in [7, 11) is 0. The molecule has 0 aromatic heterocycles. The van der Waals surface area contributed by atoms with Gasteiger partial charge < -0.3 is 26.6 Å². The number of hydrogen-bond donors (Lipinski definition) is 6. The second-order valence-corrected chi connectivity index (χ2v) is 6.27. The molecule has 11 heteroatoms. The van der Waals surface area contributed by atoms with E-state index in [1.54, 1.807) is 6.26 Å². The summed E-state index contributed by atoms with van der Waals surface area (Å²) in [4.78, 5) is 45.4. The molecule has 0 aliphatic heterocycles. The van der Waals surface area contributed by atoms with Crippen LogP contribution in [0.15, 0.2) is 0 Å². The topological polar surface area (TPSA) is 159 Å². The Morgan fingerprint density at radius 2 is 1.75 bits per heavy atom. The van der Waals surface area contributed by atoms with Gasteiger partial charge in [0.25, 0.3) is 0 Å². The van der Waals surface area contributed by atoms with Crippen LogP contribution in [-0.2, 0) is 19.2 Å². The molecule has 0 rings (SSSR count). The number of amides is 2. The number of rotatable bonds is 12. The second kappa shape index (κ2) is 12.0. The fourth-order valence-electron chi connectivity index (χ4n) is 1.68. The van der Waals surface area contributed by atoms with Crippen molar-refractivity contribution in [2.45, 2.75) is 37.4 Å². The molecule has 0 aliphatic rings. The molecule has 0 fully saturated rings. The minimum atomic E-state index is -1.16. The van der Waals surface area contributed by atoms with E-state index in [0.717, 1.165) is 0 Å². The fraction of sp³-hybridized carbons (Fsp3) is 0.692. The molecule has 0 unspecified atom stereocenters. The molecule has 9 nitrogen and oxygen atoms in total. The van der Waals surface area contributed by atoms with E-state index in [-0.39, 0.29) is 30.8 Å². The standard InChI is InChI=1S/C13H23N3O6S2/c1-24-6-9(13(21)22)16-11(18)8(5-23)15-10(17)4-2-3-7(14)12(19)20/h7-9,23H,2-6,14H2,1H3,(H,15,17)(H,16,18)(H,19,20)(H,21,22)/t7-,8-,9+/m0/s1. The highest BCUT2D eigenvalue weighted by Crippen LogP contribution is 2.02. The van der Waals surface area contributed by atoms with Gasteiger partial charge in [0.05, 0.1) is 0 Å². The number of nitrogens with two attached hydrogens (primary N) is 1. The van der Waals surface area contributed by atoms with Crippen LogP contribution in [0.3, 0.4) is 0 Å². The molecule has 0 bridgehead atoms. The Kier molecular flexibility index (Phi) is 11.3. The minimum Gasteiger partial charge on any atom is -0.480 e. The number of aliphatic carboxylic acids is 2. The van der Waals surface area contributed by atoms with E-state index in [1.807, 2.05) is 0 Å². The maximum absolute atomic E-state index is 12.0. The third-order valence-corrected chi connectivity index (χ3v) is 4.05. The van der Waals surface area contributed by atoms with E-state index in [1.165, 1.54) is 11.8 Å². The Labute approximate surface area is 149 Å². The van der Waals surface area contributed by atoms with Crippen LogP contribution < -0.4 is 16.4 Å². The lowest BCUT2D eigenvalue weighted by molar-refractivity contribution is -0.141. The zero-order valence-corrected chi connectivity index (χ0v) is 14.9. The molecule has 3 atom stereocenters. The van der Waals surface area contributed by atoms with E-state index in [2.05, 4.69) is 23.3 Å². The quantitative estimate of drug-likeness (QED) is 0.233. The highest BCUT2D eigenvalue weighted by atomic mass is 32.2. The van der Waals surface area contributed by atoms with E-state index < -0.39 is 41.9 Å². The van der Waals surface area contributed by atoms with Crippen LogP contribution in [0.4, 0.5) is 0 Å². The molecule has 24 heavy (non-hydrogen) atoms. The van der Waals surface area contributed by atoms with Gasteiger partial charge in [0.1, 0.15) is 18.1 Å².